The van der Waals surface area contributed by atoms with Crippen molar-refractivity contribution in [2.75, 3.05) is 7.11 Å². The van der Waals surface area contributed by atoms with E-state index in [9.17, 15) is 18.0 Å². The number of carbonyl (C=O) groups excluding carboxylic acids is 1. The van der Waals surface area contributed by atoms with Crippen LogP contribution >= 0.6 is 11.6 Å². The summed E-state index contributed by atoms with van der Waals surface area (Å²) in [4.78, 5) is 11.3. The van der Waals surface area contributed by atoms with Gasteiger partial charge in [0.2, 0.25) is 0 Å². The Morgan fingerprint density at radius 1 is 1.44 bits per heavy atom. The van der Waals surface area contributed by atoms with Crippen molar-refractivity contribution in [2.45, 2.75) is 6.36 Å². The highest BCUT2D eigenvalue weighted by atomic mass is 35.5. The highest BCUT2D eigenvalue weighted by molar-refractivity contribution is 6.35. The Kier molecular flexibility index (Phi) is 4.03. The average molecular weight is 280 g/mol. The van der Waals surface area contributed by atoms with Crippen LogP contribution in [0.2, 0.25) is 5.02 Å². The first kappa shape index (κ1) is 14.1. The molecule has 0 atom stereocenters. The third kappa shape index (κ3) is 3.28. The summed E-state index contributed by atoms with van der Waals surface area (Å²) in [6, 6.07) is 3.38. The van der Waals surface area contributed by atoms with Gasteiger partial charge < -0.3 is 9.47 Å². The second kappa shape index (κ2) is 5.14. The molecule has 0 bridgehead atoms. The molecule has 18 heavy (non-hydrogen) atoms. The van der Waals surface area contributed by atoms with Crippen molar-refractivity contribution in [2.24, 2.45) is 0 Å². The van der Waals surface area contributed by atoms with Gasteiger partial charge in [0, 0.05) is 0 Å². The van der Waals surface area contributed by atoms with E-state index in [1.807, 2.05) is 0 Å². The number of methoxy groups -OCH3 is 1. The predicted octanol–water partition coefficient (Wildman–Crippen LogP) is 2.90. The van der Waals surface area contributed by atoms with Gasteiger partial charge in [-0.2, -0.15) is 5.26 Å². The largest absolute Gasteiger partial charge is 0.573 e. The SMILES string of the molecule is COC(=O)c1cc(C#N)cc(OC(F)(F)F)c1Cl. The second-order valence-corrected chi connectivity index (χ2v) is 3.37. The van der Waals surface area contributed by atoms with E-state index < -0.39 is 23.1 Å². The minimum absolute atomic E-state index is 0.209. The maximum Gasteiger partial charge on any atom is 0.573 e. The summed E-state index contributed by atoms with van der Waals surface area (Å²) < 4.78 is 44.2. The summed E-state index contributed by atoms with van der Waals surface area (Å²) in [6.07, 6.45) is -4.98. The number of rotatable bonds is 2. The molecule has 0 N–H and O–H groups in total. The van der Waals surface area contributed by atoms with Gasteiger partial charge in [0.05, 0.1) is 29.3 Å². The number of alkyl halides is 3. The number of nitrogens with zero attached hydrogens (tertiary/aromatic N) is 1. The first-order chi connectivity index (χ1) is 8.28. The zero-order valence-corrected chi connectivity index (χ0v) is 9.59. The minimum atomic E-state index is -4.98. The third-order valence-electron chi connectivity index (χ3n) is 1.80. The lowest BCUT2D eigenvalue weighted by Gasteiger charge is -2.12. The highest BCUT2D eigenvalue weighted by Crippen LogP contribution is 2.34. The van der Waals surface area contributed by atoms with Crippen LogP contribution < -0.4 is 4.74 Å². The van der Waals surface area contributed by atoms with Crippen LogP contribution in [0, 0.1) is 11.3 Å². The molecule has 0 saturated heterocycles. The zero-order chi connectivity index (χ0) is 13.9. The zero-order valence-electron chi connectivity index (χ0n) is 8.84. The molecule has 0 unspecified atom stereocenters. The molecule has 4 nitrogen and oxygen atoms in total. The van der Waals surface area contributed by atoms with Crippen LogP contribution in [0.15, 0.2) is 12.1 Å². The molecule has 0 radical (unpaired) electrons. The van der Waals surface area contributed by atoms with Crippen molar-refractivity contribution in [3.05, 3.63) is 28.3 Å². The topological polar surface area (TPSA) is 59.3 Å². The van der Waals surface area contributed by atoms with E-state index >= 15 is 0 Å². The number of esters is 1. The molecular formula is C10H5ClF3NO3. The van der Waals surface area contributed by atoms with Crippen LogP contribution in [0.1, 0.15) is 15.9 Å². The van der Waals surface area contributed by atoms with Gasteiger partial charge in [0.15, 0.2) is 0 Å². The van der Waals surface area contributed by atoms with E-state index in [4.69, 9.17) is 16.9 Å². The van der Waals surface area contributed by atoms with E-state index in [0.29, 0.717) is 0 Å². The summed E-state index contributed by atoms with van der Waals surface area (Å²) >= 11 is 5.58. The van der Waals surface area contributed by atoms with Crippen molar-refractivity contribution >= 4 is 17.6 Å². The lowest BCUT2D eigenvalue weighted by molar-refractivity contribution is -0.274. The molecule has 1 aromatic carbocycles. The summed E-state index contributed by atoms with van der Waals surface area (Å²) in [5, 5.41) is 8.08. The fraction of sp³-hybridized carbons (Fsp3) is 0.200. The van der Waals surface area contributed by atoms with Crippen LogP contribution in [0.5, 0.6) is 5.75 Å². The Balaban J connectivity index is 3.35. The molecule has 8 heteroatoms. The Labute approximate surface area is 104 Å². The third-order valence-corrected chi connectivity index (χ3v) is 2.19. The number of benzene rings is 1. The number of hydrogen-bond donors (Lipinski definition) is 0. The molecule has 96 valence electrons. The number of nitriles is 1. The van der Waals surface area contributed by atoms with Crippen LogP contribution in [0.4, 0.5) is 13.2 Å². The summed E-state index contributed by atoms with van der Waals surface area (Å²) in [5.41, 5.74) is -0.587. The van der Waals surface area contributed by atoms with Gasteiger partial charge in [-0.3, -0.25) is 0 Å². The molecule has 0 aliphatic heterocycles. The number of hydrogen-bond acceptors (Lipinski definition) is 4. The van der Waals surface area contributed by atoms with Crippen molar-refractivity contribution in [1.82, 2.24) is 0 Å². The smallest absolute Gasteiger partial charge is 0.465 e. The normalized spacial score (nSPS) is 10.7. The molecule has 1 aromatic rings. The fourth-order valence-electron chi connectivity index (χ4n) is 1.12. The Hall–Kier alpha value is -1.94. The Morgan fingerprint density at radius 2 is 2.06 bits per heavy atom. The predicted molar refractivity (Wildman–Crippen MR) is 54.2 cm³/mol. The van der Waals surface area contributed by atoms with Gasteiger partial charge in [-0.05, 0) is 12.1 Å². The minimum Gasteiger partial charge on any atom is -0.465 e. The van der Waals surface area contributed by atoms with Crippen LogP contribution in [0.25, 0.3) is 0 Å². The van der Waals surface area contributed by atoms with Gasteiger partial charge in [-0.15, -0.1) is 13.2 Å². The first-order valence-corrected chi connectivity index (χ1v) is 4.74. The molecule has 0 fully saturated rings. The summed E-state index contributed by atoms with van der Waals surface area (Å²) in [6.45, 7) is 0. The lowest BCUT2D eigenvalue weighted by atomic mass is 10.1. The van der Waals surface area contributed by atoms with Crippen molar-refractivity contribution < 1.29 is 27.4 Å². The Bertz CT molecular complexity index is 522. The molecule has 0 heterocycles. The van der Waals surface area contributed by atoms with Crippen LogP contribution in [-0.2, 0) is 4.74 Å². The number of carbonyl (C=O) groups is 1. The van der Waals surface area contributed by atoms with Gasteiger partial charge in [-0.25, -0.2) is 4.79 Å². The van der Waals surface area contributed by atoms with Crippen molar-refractivity contribution in [3.8, 4) is 11.8 Å². The van der Waals surface area contributed by atoms with Gasteiger partial charge in [0.25, 0.3) is 0 Å². The molecule has 0 aliphatic rings. The van der Waals surface area contributed by atoms with Gasteiger partial charge in [-0.1, -0.05) is 11.6 Å². The van der Waals surface area contributed by atoms with E-state index in [1.165, 1.54) is 0 Å². The molecule has 0 spiro atoms. The number of halogens is 4. The molecule has 0 aliphatic carbocycles. The fourth-order valence-corrected chi connectivity index (χ4v) is 1.34. The number of ether oxygens (including phenoxy) is 2. The Morgan fingerprint density at radius 3 is 2.50 bits per heavy atom. The lowest BCUT2D eigenvalue weighted by Crippen LogP contribution is -2.18. The molecule has 0 saturated carbocycles. The van der Waals surface area contributed by atoms with E-state index in [-0.39, 0.29) is 11.1 Å². The average Bonchev–Trinajstić information content (AvgIpc) is 2.29. The molecular weight excluding hydrogens is 275 g/mol. The maximum atomic E-state index is 12.1. The standard InChI is InChI=1S/C10H5ClF3NO3/c1-17-9(16)6-2-5(4-15)3-7(8(6)11)18-10(12,13)14/h2-3H,1H3. The van der Waals surface area contributed by atoms with Crippen molar-refractivity contribution in [1.29, 1.82) is 5.26 Å². The van der Waals surface area contributed by atoms with Gasteiger partial charge in [0.1, 0.15) is 5.75 Å². The van der Waals surface area contributed by atoms with Crippen LogP contribution in [-0.4, -0.2) is 19.4 Å². The van der Waals surface area contributed by atoms with E-state index in [2.05, 4.69) is 9.47 Å². The quantitative estimate of drug-likeness (QED) is 0.781. The van der Waals surface area contributed by atoms with E-state index in [1.54, 1.807) is 6.07 Å². The van der Waals surface area contributed by atoms with E-state index in [0.717, 1.165) is 19.2 Å². The molecule has 1 rings (SSSR count). The maximum absolute atomic E-state index is 12.1. The van der Waals surface area contributed by atoms with Crippen LogP contribution in [0.3, 0.4) is 0 Å². The summed E-state index contributed by atoms with van der Waals surface area (Å²) in [5.74, 6) is -1.80. The monoisotopic (exact) mass is 279 g/mol. The second-order valence-electron chi connectivity index (χ2n) is 2.99. The molecule has 0 amide bonds. The van der Waals surface area contributed by atoms with Gasteiger partial charge >= 0.3 is 12.3 Å². The summed E-state index contributed by atoms with van der Waals surface area (Å²) in [7, 11) is 1.03. The first-order valence-electron chi connectivity index (χ1n) is 4.36. The molecule has 0 aromatic heterocycles. The van der Waals surface area contributed by atoms with Crippen molar-refractivity contribution in [3.63, 3.8) is 0 Å². The highest BCUT2D eigenvalue weighted by Gasteiger charge is 2.33.